The van der Waals surface area contributed by atoms with Crippen molar-refractivity contribution < 1.29 is 0 Å². The number of hydrogen-bond acceptors (Lipinski definition) is 0. The Balaban J connectivity index is 0.773. The van der Waals surface area contributed by atoms with E-state index in [0.717, 1.165) is 0 Å². The van der Waals surface area contributed by atoms with Crippen LogP contribution in [0.25, 0.3) is 111 Å². The molecule has 11 aromatic rings. The predicted molar refractivity (Wildman–Crippen MR) is 281 cm³/mol. The van der Waals surface area contributed by atoms with E-state index in [1.807, 2.05) is 0 Å². The minimum Gasteiger partial charge on any atom is -0.0622 e. The first kappa shape index (κ1) is 40.2. The number of benzene rings is 11. The van der Waals surface area contributed by atoms with Gasteiger partial charge in [-0.05, 0) is 136 Å². The molecule has 0 bridgehead atoms. The molecule has 0 aromatic heterocycles. The van der Waals surface area contributed by atoms with Gasteiger partial charge < -0.3 is 0 Å². The van der Waals surface area contributed by atoms with Crippen LogP contribution in [0, 0.1) is 0 Å². The van der Waals surface area contributed by atoms with Gasteiger partial charge >= 0.3 is 0 Å². The topological polar surface area (TPSA) is 0 Å². The Bertz CT molecular complexity index is 3380. The van der Waals surface area contributed by atoms with Crippen LogP contribution in [-0.4, -0.2) is 0 Å². The summed E-state index contributed by atoms with van der Waals surface area (Å²) in [5.41, 5.74) is 24.2. The molecule has 0 saturated carbocycles. The Morgan fingerprint density at radius 1 is 0.0909 bits per heavy atom. The van der Waals surface area contributed by atoms with E-state index in [9.17, 15) is 0 Å². The van der Waals surface area contributed by atoms with E-state index in [4.69, 9.17) is 0 Å². The van der Waals surface area contributed by atoms with Crippen LogP contribution >= 0.6 is 0 Å². The van der Waals surface area contributed by atoms with E-state index in [2.05, 4.69) is 279 Å². The third kappa shape index (κ3) is 8.69. The Morgan fingerprint density at radius 3 is 0.394 bits per heavy atom. The standard InChI is InChI=1S/C66H46/c1-3-11-47(12-4-1)49-23-27-51(28-24-49)53-31-33-54(34-32-53)56-37-41-58(42-38-56)60-16-8-18-62(44-60)64-20-10-22-66(46-64)65-21-9-19-63(45-65)61-17-7-15-59(43-61)57-39-35-55(36-40-57)52-29-25-50(26-30-52)48-13-5-2-6-14-48/h1-46H. The Labute approximate surface area is 388 Å². The summed E-state index contributed by atoms with van der Waals surface area (Å²) in [6, 6.07) is 101. The summed E-state index contributed by atoms with van der Waals surface area (Å²) in [6.45, 7) is 0. The van der Waals surface area contributed by atoms with Crippen molar-refractivity contribution in [2.45, 2.75) is 0 Å². The summed E-state index contributed by atoms with van der Waals surface area (Å²) in [7, 11) is 0. The highest BCUT2D eigenvalue weighted by molar-refractivity contribution is 5.82. The average Bonchev–Trinajstić information content (AvgIpc) is 3.42. The van der Waals surface area contributed by atoms with Crippen molar-refractivity contribution in [1.82, 2.24) is 0 Å². The highest BCUT2D eigenvalue weighted by Crippen LogP contribution is 2.35. The van der Waals surface area contributed by atoms with Gasteiger partial charge in [-0.3, -0.25) is 0 Å². The van der Waals surface area contributed by atoms with E-state index in [1.54, 1.807) is 0 Å². The lowest BCUT2D eigenvalue weighted by atomic mass is 9.93. The Morgan fingerprint density at radius 2 is 0.212 bits per heavy atom. The van der Waals surface area contributed by atoms with Gasteiger partial charge in [0.2, 0.25) is 0 Å². The fourth-order valence-electron chi connectivity index (χ4n) is 9.05. The molecule has 66 heavy (non-hydrogen) atoms. The first-order valence-electron chi connectivity index (χ1n) is 22.7. The predicted octanol–water partition coefficient (Wildman–Crippen LogP) is 18.4. The van der Waals surface area contributed by atoms with Gasteiger partial charge in [-0.2, -0.15) is 0 Å². The normalized spacial score (nSPS) is 11.0. The molecule has 0 amide bonds. The zero-order valence-corrected chi connectivity index (χ0v) is 36.6. The van der Waals surface area contributed by atoms with E-state index >= 15 is 0 Å². The van der Waals surface area contributed by atoms with Gasteiger partial charge in [-0.1, -0.05) is 255 Å². The molecular formula is C66H46. The van der Waals surface area contributed by atoms with Crippen LogP contribution in [0.4, 0.5) is 0 Å². The SMILES string of the molecule is c1ccc(-c2ccc(-c3ccc(-c4ccc(-c5cccc(-c6cccc(-c7cccc(-c8cccc(-c9ccc(-c%10ccc(-c%11ccccc%11)cc%10)cc9)c8)c7)c6)c5)cc4)cc3)cc2)cc1. The Hall–Kier alpha value is -8.58. The molecule has 11 aromatic carbocycles. The molecular weight excluding hydrogens is 793 g/mol. The summed E-state index contributed by atoms with van der Waals surface area (Å²) < 4.78 is 0. The maximum absolute atomic E-state index is 2.32. The van der Waals surface area contributed by atoms with Gasteiger partial charge in [-0.15, -0.1) is 0 Å². The summed E-state index contributed by atoms with van der Waals surface area (Å²) in [6.07, 6.45) is 0. The van der Waals surface area contributed by atoms with Crippen molar-refractivity contribution in [2.75, 3.05) is 0 Å². The number of hydrogen-bond donors (Lipinski definition) is 0. The molecule has 11 rings (SSSR count). The molecule has 0 N–H and O–H groups in total. The average molecular weight is 839 g/mol. The van der Waals surface area contributed by atoms with E-state index in [-0.39, 0.29) is 0 Å². The highest BCUT2D eigenvalue weighted by atomic mass is 14.1. The van der Waals surface area contributed by atoms with Crippen LogP contribution in [0.15, 0.2) is 279 Å². The molecule has 0 radical (unpaired) electrons. The lowest BCUT2D eigenvalue weighted by molar-refractivity contribution is 1.55. The molecule has 0 heterocycles. The lowest BCUT2D eigenvalue weighted by Gasteiger charge is -2.11. The first-order chi connectivity index (χ1) is 32.7. The molecule has 0 aliphatic carbocycles. The first-order valence-corrected chi connectivity index (χ1v) is 22.7. The second-order valence-corrected chi connectivity index (χ2v) is 16.9. The summed E-state index contributed by atoms with van der Waals surface area (Å²) in [4.78, 5) is 0. The largest absolute Gasteiger partial charge is 0.0622 e. The summed E-state index contributed by atoms with van der Waals surface area (Å²) >= 11 is 0. The molecule has 0 aliphatic rings. The molecule has 0 fully saturated rings. The second-order valence-electron chi connectivity index (χ2n) is 16.9. The van der Waals surface area contributed by atoms with Gasteiger partial charge in [0.25, 0.3) is 0 Å². The maximum atomic E-state index is 2.32. The zero-order valence-electron chi connectivity index (χ0n) is 36.6. The maximum Gasteiger partial charge on any atom is -0.0178 e. The van der Waals surface area contributed by atoms with E-state index in [0.29, 0.717) is 0 Å². The highest BCUT2D eigenvalue weighted by Gasteiger charge is 2.10. The fraction of sp³-hybridized carbons (Fsp3) is 0. The van der Waals surface area contributed by atoms with Crippen LogP contribution in [0.2, 0.25) is 0 Å². The van der Waals surface area contributed by atoms with Crippen molar-refractivity contribution in [1.29, 1.82) is 0 Å². The van der Waals surface area contributed by atoms with Gasteiger partial charge in [-0.25, -0.2) is 0 Å². The molecule has 0 heteroatoms. The molecule has 0 unspecified atom stereocenters. The van der Waals surface area contributed by atoms with Crippen LogP contribution in [0.5, 0.6) is 0 Å². The smallest absolute Gasteiger partial charge is 0.0178 e. The van der Waals surface area contributed by atoms with Gasteiger partial charge in [0, 0.05) is 0 Å². The van der Waals surface area contributed by atoms with Crippen molar-refractivity contribution >= 4 is 0 Å². The quantitative estimate of drug-likeness (QED) is 0.129. The third-order valence-corrected chi connectivity index (χ3v) is 12.8. The molecule has 0 nitrogen and oxygen atoms in total. The number of rotatable bonds is 10. The van der Waals surface area contributed by atoms with E-state index in [1.165, 1.54) is 111 Å². The fourth-order valence-corrected chi connectivity index (χ4v) is 9.05. The van der Waals surface area contributed by atoms with Gasteiger partial charge in [0.1, 0.15) is 0 Å². The van der Waals surface area contributed by atoms with Crippen LogP contribution in [0.3, 0.4) is 0 Å². The van der Waals surface area contributed by atoms with Gasteiger partial charge in [0.05, 0.1) is 0 Å². The van der Waals surface area contributed by atoms with Crippen molar-refractivity contribution in [3.05, 3.63) is 279 Å². The molecule has 310 valence electrons. The minimum absolute atomic E-state index is 1.20. The van der Waals surface area contributed by atoms with Crippen molar-refractivity contribution in [3.63, 3.8) is 0 Å². The van der Waals surface area contributed by atoms with Gasteiger partial charge in [0.15, 0.2) is 0 Å². The molecule has 0 aliphatic heterocycles. The lowest BCUT2D eigenvalue weighted by Crippen LogP contribution is -1.86. The monoisotopic (exact) mass is 838 g/mol. The molecule has 0 atom stereocenters. The second kappa shape index (κ2) is 18.3. The Kier molecular flexibility index (Phi) is 11.1. The summed E-state index contributed by atoms with van der Waals surface area (Å²) in [5.74, 6) is 0. The molecule has 0 spiro atoms. The zero-order chi connectivity index (χ0) is 44.1. The van der Waals surface area contributed by atoms with Crippen molar-refractivity contribution in [3.8, 4) is 111 Å². The van der Waals surface area contributed by atoms with Crippen molar-refractivity contribution in [2.24, 2.45) is 0 Å². The summed E-state index contributed by atoms with van der Waals surface area (Å²) in [5, 5.41) is 0. The third-order valence-electron chi connectivity index (χ3n) is 12.8. The molecule has 0 saturated heterocycles. The van der Waals surface area contributed by atoms with E-state index < -0.39 is 0 Å². The van der Waals surface area contributed by atoms with Crippen LogP contribution < -0.4 is 0 Å². The van der Waals surface area contributed by atoms with Crippen LogP contribution in [-0.2, 0) is 0 Å². The minimum atomic E-state index is 1.20. The van der Waals surface area contributed by atoms with Crippen LogP contribution in [0.1, 0.15) is 0 Å².